The second-order valence-electron chi connectivity index (χ2n) is 7.37. The van der Waals surface area contributed by atoms with Crippen LogP contribution < -0.4 is 4.74 Å². The van der Waals surface area contributed by atoms with Crippen LogP contribution in [-0.2, 0) is 11.0 Å². The molecule has 150 valence electrons. The molecule has 0 saturated heterocycles. The van der Waals surface area contributed by atoms with E-state index in [0.717, 1.165) is 36.1 Å². The Labute approximate surface area is 162 Å². The third-order valence-electron chi connectivity index (χ3n) is 5.62. The van der Waals surface area contributed by atoms with Crippen molar-refractivity contribution < 1.29 is 27.8 Å². The number of benzene rings is 2. The quantitative estimate of drug-likeness (QED) is 0.689. The minimum Gasteiger partial charge on any atom is -0.496 e. The third kappa shape index (κ3) is 4.16. The summed E-state index contributed by atoms with van der Waals surface area (Å²) in [5, 5.41) is 9.17. The van der Waals surface area contributed by atoms with E-state index in [9.17, 15) is 18.0 Å². The molecule has 6 heteroatoms. The largest absolute Gasteiger partial charge is 0.496 e. The maximum atomic E-state index is 13.0. The molecule has 0 atom stereocenters. The van der Waals surface area contributed by atoms with Gasteiger partial charge in [0.05, 0.1) is 18.6 Å². The van der Waals surface area contributed by atoms with Gasteiger partial charge in [-0.1, -0.05) is 12.1 Å². The number of aliphatic carboxylic acids is 1. The smallest absolute Gasteiger partial charge is 0.416 e. The number of carbonyl (C=O) groups is 1. The Morgan fingerprint density at radius 2 is 1.71 bits per heavy atom. The van der Waals surface area contributed by atoms with Gasteiger partial charge in [-0.05, 0) is 79.5 Å². The number of carboxylic acid groups (broad SMARTS) is 1. The first-order chi connectivity index (χ1) is 13.2. The Bertz CT molecular complexity index is 866. The van der Waals surface area contributed by atoms with Gasteiger partial charge in [0, 0.05) is 5.56 Å². The summed E-state index contributed by atoms with van der Waals surface area (Å²) in [5.41, 5.74) is 2.38. The highest BCUT2D eigenvalue weighted by atomic mass is 19.4. The summed E-state index contributed by atoms with van der Waals surface area (Å²) in [6, 6.07) is 9.51. The van der Waals surface area contributed by atoms with Crippen LogP contribution in [0.5, 0.6) is 5.75 Å². The van der Waals surface area contributed by atoms with E-state index in [2.05, 4.69) is 0 Å². The molecule has 0 aromatic heterocycles. The van der Waals surface area contributed by atoms with Gasteiger partial charge in [-0.25, -0.2) is 0 Å². The molecule has 2 aromatic rings. The normalized spacial score (nSPS) is 20.0. The van der Waals surface area contributed by atoms with Crippen LogP contribution in [0.4, 0.5) is 13.2 Å². The number of hydrogen-bond donors (Lipinski definition) is 1. The zero-order chi connectivity index (χ0) is 20.5. The number of alkyl halides is 3. The molecule has 1 aliphatic rings. The molecule has 2 aromatic carbocycles. The van der Waals surface area contributed by atoms with Gasteiger partial charge in [0.2, 0.25) is 0 Å². The number of carboxylic acids is 1. The summed E-state index contributed by atoms with van der Waals surface area (Å²) >= 11 is 0. The minimum absolute atomic E-state index is 0.245. The predicted octanol–water partition coefficient (Wildman–Crippen LogP) is 6.05. The highest BCUT2D eigenvalue weighted by molar-refractivity contribution is 5.74. The number of ether oxygens (including phenoxy) is 1. The van der Waals surface area contributed by atoms with Crippen molar-refractivity contribution in [1.29, 1.82) is 0 Å². The fourth-order valence-corrected chi connectivity index (χ4v) is 4.01. The van der Waals surface area contributed by atoms with Gasteiger partial charge in [0.15, 0.2) is 0 Å². The van der Waals surface area contributed by atoms with Crippen molar-refractivity contribution in [1.82, 2.24) is 0 Å². The Kier molecular flexibility index (Phi) is 5.68. The van der Waals surface area contributed by atoms with Crippen molar-refractivity contribution >= 4 is 5.97 Å². The van der Waals surface area contributed by atoms with Gasteiger partial charge in [-0.3, -0.25) is 4.79 Å². The lowest BCUT2D eigenvalue weighted by atomic mass is 9.78. The molecule has 1 saturated carbocycles. The number of rotatable bonds is 4. The highest BCUT2D eigenvalue weighted by Gasteiger charge is 2.31. The molecule has 28 heavy (non-hydrogen) atoms. The van der Waals surface area contributed by atoms with Gasteiger partial charge < -0.3 is 9.84 Å². The summed E-state index contributed by atoms with van der Waals surface area (Å²) in [4.78, 5) is 11.2. The maximum absolute atomic E-state index is 13.0. The topological polar surface area (TPSA) is 46.5 Å². The molecule has 3 rings (SSSR count). The lowest BCUT2D eigenvalue weighted by Gasteiger charge is -2.27. The SMILES string of the molecule is COc1ccc(C2CCC(C(=O)O)CC2)cc1-c1ccc(C(F)(F)F)cc1C. The molecule has 1 N–H and O–H groups in total. The van der Waals surface area contributed by atoms with Gasteiger partial charge in [-0.2, -0.15) is 13.2 Å². The fraction of sp³-hybridized carbons (Fsp3) is 0.409. The fourth-order valence-electron chi connectivity index (χ4n) is 4.01. The summed E-state index contributed by atoms with van der Waals surface area (Å²) in [5.74, 6) is -0.179. The average molecular weight is 392 g/mol. The van der Waals surface area contributed by atoms with Gasteiger partial charge >= 0.3 is 12.1 Å². The standard InChI is InChI=1S/C22H23F3O3/c1-13-11-17(22(23,24)25)8-9-18(13)19-12-16(7-10-20(19)28-2)14-3-5-15(6-4-14)21(26)27/h7-12,14-15H,3-6H2,1-2H3,(H,26,27). The number of methoxy groups -OCH3 is 1. The second-order valence-corrected chi connectivity index (χ2v) is 7.37. The van der Waals surface area contributed by atoms with E-state index in [1.54, 1.807) is 6.92 Å². The second kappa shape index (κ2) is 7.86. The average Bonchev–Trinajstić information content (AvgIpc) is 2.67. The van der Waals surface area contributed by atoms with Gasteiger partial charge in [0.1, 0.15) is 5.75 Å². The first kappa shape index (κ1) is 20.2. The van der Waals surface area contributed by atoms with Gasteiger partial charge in [0.25, 0.3) is 0 Å². The van der Waals surface area contributed by atoms with Crippen LogP contribution in [-0.4, -0.2) is 18.2 Å². The summed E-state index contributed by atoms with van der Waals surface area (Å²) in [6.45, 7) is 1.66. The monoisotopic (exact) mass is 392 g/mol. The zero-order valence-electron chi connectivity index (χ0n) is 15.8. The van der Waals surface area contributed by atoms with Crippen LogP contribution in [0.1, 0.15) is 48.3 Å². The molecule has 0 aliphatic heterocycles. The summed E-state index contributed by atoms with van der Waals surface area (Å²) < 4.78 is 44.4. The van der Waals surface area contributed by atoms with E-state index in [-0.39, 0.29) is 11.8 Å². The van der Waals surface area contributed by atoms with Crippen molar-refractivity contribution in [2.75, 3.05) is 7.11 Å². The van der Waals surface area contributed by atoms with E-state index < -0.39 is 17.7 Å². The van der Waals surface area contributed by atoms with Crippen LogP contribution in [0.3, 0.4) is 0 Å². The molecular weight excluding hydrogens is 369 g/mol. The van der Waals surface area contributed by atoms with Crippen LogP contribution in [0, 0.1) is 12.8 Å². The van der Waals surface area contributed by atoms with E-state index in [1.165, 1.54) is 13.2 Å². The summed E-state index contributed by atoms with van der Waals surface area (Å²) in [6.07, 6.45) is -1.52. The molecule has 0 radical (unpaired) electrons. The molecule has 0 amide bonds. The van der Waals surface area contributed by atoms with Crippen molar-refractivity contribution in [3.8, 4) is 16.9 Å². The van der Waals surface area contributed by atoms with Crippen molar-refractivity contribution in [2.24, 2.45) is 5.92 Å². The minimum atomic E-state index is -4.38. The zero-order valence-corrected chi connectivity index (χ0v) is 15.8. The molecule has 3 nitrogen and oxygen atoms in total. The van der Waals surface area contributed by atoms with Crippen LogP contribution in [0.2, 0.25) is 0 Å². The lowest BCUT2D eigenvalue weighted by molar-refractivity contribution is -0.143. The molecule has 1 fully saturated rings. The van der Waals surface area contributed by atoms with E-state index in [4.69, 9.17) is 9.84 Å². The van der Waals surface area contributed by atoms with Crippen molar-refractivity contribution in [3.05, 3.63) is 53.1 Å². The Morgan fingerprint density at radius 3 is 2.25 bits per heavy atom. The molecule has 0 spiro atoms. The highest BCUT2D eigenvalue weighted by Crippen LogP contribution is 2.41. The molecule has 1 aliphatic carbocycles. The number of halogens is 3. The van der Waals surface area contributed by atoms with Crippen LogP contribution >= 0.6 is 0 Å². The van der Waals surface area contributed by atoms with Crippen LogP contribution in [0.25, 0.3) is 11.1 Å². The first-order valence-electron chi connectivity index (χ1n) is 9.29. The lowest BCUT2D eigenvalue weighted by Crippen LogP contribution is -2.20. The number of hydrogen-bond acceptors (Lipinski definition) is 2. The van der Waals surface area contributed by atoms with E-state index in [0.29, 0.717) is 29.7 Å². The van der Waals surface area contributed by atoms with Crippen molar-refractivity contribution in [2.45, 2.75) is 44.7 Å². The van der Waals surface area contributed by atoms with Gasteiger partial charge in [-0.15, -0.1) is 0 Å². The predicted molar refractivity (Wildman–Crippen MR) is 101 cm³/mol. The molecule has 0 bridgehead atoms. The van der Waals surface area contributed by atoms with E-state index >= 15 is 0 Å². The maximum Gasteiger partial charge on any atom is 0.416 e. The Morgan fingerprint density at radius 1 is 1.04 bits per heavy atom. The molecule has 0 unspecified atom stereocenters. The molecule has 0 heterocycles. The Hall–Kier alpha value is -2.50. The number of aryl methyl sites for hydroxylation is 1. The first-order valence-corrected chi connectivity index (χ1v) is 9.29. The Balaban J connectivity index is 1.94. The summed E-state index contributed by atoms with van der Waals surface area (Å²) in [7, 11) is 1.54. The third-order valence-corrected chi connectivity index (χ3v) is 5.62. The van der Waals surface area contributed by atoms with E-state index in [1.807, 2.05) is 18.2 Å². The molecular formula is C22H23F3O3. The van der Waals surface area contributed by atoms with Crippen LogP contribution in [0.15, 0.2) is 36.4 Å². The van der Waals surface area contributed by atoms with Crippen molar-refractivity contribution in [3.63, 3.8) is 0 Å².